The zero-order chi connectivity index (χ0) is 31.3. The van der Waals surface area contributed by atoms with E-state index in [0.717, 1.165) is 17.1 Å². The number of hydrogen-bond donors (Lipinski definition) is 1. The van der Waals surface area contributed by atoms with Gasteiger partial charge in [-0.2, -0.15) is 9.15 Å². The van der Waals surface area contributed by atoms with Gasteiger partial charge in [0.1, 0.15) is 33.5 Å². The largest absolute Gasteiger partial charge is 1.00 e. The van der Waals surface area contributed by atoms with Crippen LogP contribution in [0.2, 0.25) is 0 Å². The third kappa shape index (κ3) is 6.95. The minimum atomic E-state index is -4.66. The Morgan fingerprint density at radius 1 is 0.884 bits per heavy atom. The van der Waals surface area contributed by atoms with E-state index in [9.17, 15) is 30.7 Å². The van der Waals surface area contributed by atoms with Gasteiger partial charge >= 0.3 is 35.5 Å². The summed E-state index contributed by atoms with van der Waals surface area (Å²) >= 11 is 0. The number of carboxylic acid groups (broad SMARTS) is 1. The standard InChI is InChI=1S/C30H34N2O8S2.Na/c1-29(2)22-18-20(41(35,36)37)13-15-24(22)31(5)26(29)10-9-11-27-30(3,4)23-19-21(42(38,39)40)14-16-25(23)32(27)17-8-6-7-12-28(33)34;/h9-11,13-16,18-19H,5-8,12,17H2,1-4H3,(H-2,33,34,35,36,37,38,39,40);/q;+1/b11-9+,26-10-;. The monoisotopic (exact) mass is 637 g/mol. The van der Waals surface area contributed by atoms with Crippen LogP contribution < -0.4 is 29.6 Å². The van der Waals surface area contributed by atoms with Gasteiger partial charge in [-0.3, -0.25) is 4.79 Å². The summed E-state index contributed by atoms with van der Waals surface area (Å²) in [5, 5.41) is 8.95. The van der Waals surface area contributed by atoms with Crippen LogP contribution in [0, 0.1) is 0 Å². The van der Waals surface area contributed by atoms with Crippen molar-refractivity contribution in [2.75, 3.05) is 6.54 Å². The summed E-state index contributed by atoms with van der Waals surface area (Å²) < 4.78 is 74.0. The molecule has 224 valence electrons. The SMILES string of the molecule is C=[N+]1/C(=C\C=C\C2=[N+](CCCCCC(=O)O)c3ccc(S(=O)(=O)[O-])cc3C2(C)C)C(C)(C)c2cc(S(=O)(=O)[O-])ccc21.[Na+]. The fourth-order valence-electron chi connectivity index (χ4n) is 5.81. The maximum absolute atomic E-state index is 11.8. The summed E-state index contributed by atoms with van der Waals surface area (Å²) in [5.74, 6) is -0.848. The van der Waals surface area contributed by atoms with Crippen LogP contribution in [-0.4, -0.2) is 65.1 Å². The minimum Gasteiger partial charge on any atom is -0.744 e. The summed E-state index contributed by atoms with van der Waals surface area (Å²) in [6, 6.07) is 8.59. The average molecular weight is 638 g/mol. The van der Waals surface area contributed by atoms with Crippen LogP contribution >= 0.6 is 0 Å². The fourth-order valence-corrected chi connectivity index (χ4v) is 6.81. The Hall–Kier alpha value is -2.45. The zero-order valence-corrected chi connectivity index (χ0v) is 28.6. The number of aliphatic carboxylic acids is 1. The second kappa shape index (κ2) is 12.5. The van der Waals surface area contributed by atoms with Gasteiger partial charge in [0, 0.05) is 48.3 Å². The molecule has 10 nitrogen and oxygen atoms in total. The molecule has 2 heterocycles. The van der Waals surface area contributed by atoms with Gasteiger partial charge in [0.05, 0.1) is 20.6 Å². The topological polar surface area (TPSA) is 158 Å². The molecule has 4 rings (SSSR count). The fraction of sp³-hybridized carbons (Fsp3) is 0.367. The predicted molar refractivity (Wildman–Crippen MR) is 155 cm³/mol. The second-order valence-electron chi connectivity index (χ2n) is 11.6. The van der Waals surface area contributed by atoms with Gasteiger partial charge in [-0.1, -0.05) is 0 Å². The Bertz CT molecular complexity index is 1800. The van der Waals surface area contributed by atoms with Crippen LogP contribution in [0.25, 0.3) is 0 Å². The van der Waals surface area contributed by atoms with Crippen molar-refractivity contribution in [3.05, 3.63) is 71.5 Å². The normalized spacial score (nSPS) is 18.2. The van der Waals surface area contributed by atoms with Gasteiger partial charge in [-0.15, -0.1) is 0 Å². The van der Waals surface area contributed by atoms with Crippen molar-refractivity contribution in [3.63, 3.8) is 0 Å². The maximum atomic E-state index is 11.8. The van der Waals surface area contributed by atoms with Crippen molar-refractivity contribution in [1.29, 1.82) is 0 Å². The summed E-state index contributed by atoms with van der Waals surface area (Å²) in [7, 11) is -9.29. The number of nitrogens with zero attached hydrogens (tertiary/aromatic N) is 2. The molecular weight excluding hydrogens is 603 g/mol. The molecule has 2 aromatic rings. The molecule has 0 saturated heterocycles. The molecule has 2 aliphatic heterocycles. The average Bonchev–Trinajstić information content (AvgIpc) is 3.21. The molecule has 0 bridgehead atoms. The number of fused-ring (bicyclic) bond motifs is 2. The van der Waals surface area contributed by atoms with Gasteiger partial charge in [0.15, 0.2) is 11.4 Å². The summed E-state index contributed by atoms with van der Waals surface area (Å²) in [4.78, 5) is 10.3. The van der Waals surface area contributed by atoms with E-state index in [0.29, 0.717) is 42.6 Å². The molecule has 0 saturated carbocycles. The number of carboxylic acids is 1. The minimum absolute atomic E-state index is 0. The van der Waals surface area contributed by atoms with E-state index < -0.39 is 37.0 Å². The zero-order valence-electron chi connectivity index (χ0n) is 25.0. The summed E-state index contributed by atoms with van der Waals surface area (Å²) in [6.45, 7) is 12.4. The van der Waals surface area contributed by atoms with E-state index in [1.54, 1.807) is 16.7 Å². The molecule has 43 heavy (non-hydrogen) atoms. The van der Waals surface area contributed by atoms with E-state index in [2.05, 4.69) is 11.3 Å². The smallest absolute Gasteiger partial charge is 0.744 e. The molecule has 0 fully saturated rings. The first kappa shape index (κ1) is 35.0. The van der Waals surface area contributed by atoms with Gasteiger partial charge < -0.3 is 14.2 Å². The molecule has 0 radical (unpaired) electrons. The number of rotatable bonds is 10. The Morgan fingerprint density at radius 2 is 1.42 bits per heavy atom. The van der Waals surface area contributed by atoms with Gasteiger partial charge in [-0.05, 0) is 70.9 Å². The van der Waals surface area contributed by atoms with Crippen LogP contribution in [0.5, 0.6) is 0 Å². The molecule has 13 heteroatoms. The van der Waals surface area contributed by atoms with Crippen LogP contribution in [0.3, 0.4) is 0 Å². The maximum Gasteiger partial charge on any atom is 1.00 e. The third-order valence-electron chi connectivity index (χ3n) is 8.08. The summed E-state index contributed by atoms with van der Waals surface area (Å²) in [5.41, 5.74) is 3.10. The number of hydrogen-bond acceptors (Lipinski definition) is 7. The van der Waals surface area contributed by atoms with E-state index >= 15 is 0 Å². The van der Waals surface area contributed by atoms with Crippen LogP contribution in [0.1, 0.15) is 64.5 Å². The van der Waals surface area contributed by atoms with Gasteiger partial charge in [-0.25, -0.2) is 16.8 Å². The second-order valence-corrected chi connectivity index (χ2v) is 14.4. The Morgan fingerprint density at radius 3 is 1.95 bits per heavy atom. The Labute approximate surface area is 275 Å². The van der Waals surface area contributed by atoms with Gasteiger partial charge in [0.25, 0.3) is 0 Å². The Balaban J connectivity index is 0.00000506. The van der Waals surface area contributed by atoms with Crippen LogP contribution in [-0.2, 0) is 35.9 Å². The van der Waals surface area contributed by atoms with E-state index in [1.807, 2.05) is 45.9 Å². The van der Waals surface area contributed by atoms with Crippen molar-refractivity contribution in [1.82, 2.24) is 0 Å². The molecule has 0 unspecified atom stereocenters. The molecular formula is C30H34N2NaO8S2+. The quantitative estimate of drug-likeness (QED) is 0.177. The molecule has 2 aliphatic rings. The predicted octanol–water partition coefficient (Wildman–Crippen LogP) is 1.30. The third-order valence-corrected chi connectivity index (χ3v) is 9.75. The van der Waals surface area contributed by atoms with Gasteiger partial charge in [0.2, 0.25) is 11.4 Å². The van der Waals surface area contributed by atoms with Crippen molar-refractivity contribution in [2.45, 2.75) is 74.0 Å². The first-order valence-electron chi connectivity index (χ1n) is 13.4. The van der Waals surface area contributed by atoms with Crippen molar-refractivity contribution in [2.24, 2.45) is 0 Å². The summed E-state index contributed by atoms with van der Waals surface area (Å²) in [6.07, 6.45) is 7.63. The van der Waals surface area contributed by atoms with E-state index in [4.69, 9.17) is 5.11 Å². The molecule has 0 aliphatic carbocycles. The molecule has 0 amide bonds. The van der Waals surface area contributed by atoms with Crippen molar-refractivity contribution < 1.29 is 74.6 Å². The molecule has 2 aromatic carbocycles. The molecule has 1 N–H and O–H groups in total. The van der Waals surface area contributed by atoms with Crippen molar-refractivity contribution >= 4 is 50.0 Å². The molecule has 0 aromatic heterocycles. The number of benzene rings is 2. The van der Waals surface area contributed by atoms with E-state index in [1.165, 1.54) is 24.3 Å². The number of allylic oxidation sites excluding steroid dienone is 4. The van der Waals surface area contributed by atoms with Crippen LogP contribution in [0.15, 0.2) is 70.1 Å². The van der Waals surface area contributed by atoms with E-state index in [-0.39, 0.29) is 45.8 Å². The first-order valence-corrected chi connectivity index (χ1v) is 16.3. The first-order chi connectivity index (χ1) is 19.4. The number of carbonyl (C=O) groups is 1. The molecule has 0 spiro atoms. The molecule has 0 atom stereocenters. The van der Waals surface area contributed by atoms with Crippen LogP contribution in [0.4, 0.5) is 11.4 Å². The van der Waals surface area contributed by atoms with Crippen molar-refractivity contribution in [3.8, 4) is 0 Å². The number of unbranched alkanes of at least 4 members (excludes halogenated alkanes) is 2. The Kier molecular flexibility index (Phi) is 10.2.